The average molecular weight is 434 g/mol. The van der Waals surface area contributed by atoms with Crippen LogP contribution in [0.4, 0.5) is 18.9 Å². The summed E-state index contributed by atoms with van der Waals surface area (Å²) >= 11 is 0.906. The van der Waals surface area contributed by atoms with E-state index in [1.54, 1.807) is 36.4 Å². The zero-order valence-corrected chi connectivity index (χ0v) is 16.7. The van der Waals surface area contributed by atoms with Crippen LogP contribution in [-0.2, 0) is 4.79 Å². The largest absolute Gasteiger partial charge is 0.454 e. The maximum atomic E-state index is 13.1. The number of ether oxygens (including phenoxy) is 2. The van der Waals surface area contributed by atoms with Gasteiger partial charge < -0.3 is 9.47 Å². The summed E-state index contributed by atoms with van der Waals surface area (Å²) in [7, 11) is 0. The van der Waals surface area contributed by atoms with Crippen molar-refractivity contribution in [1.82, 2.24) is 0 Å². The van der Waals surface area contributed by atoms with Crippen LogP contribution in [0.3, 0.4) is 0 Å². The summed E-state index contributed by atoms with van der Waals surface area (Å²) in [4.78, 5) is 18.7. The Hall–Kier alpha value is -2.94. The Balaban J connectivity index is 1.63. The van der Waals surface area contributed by atoms with Gasteiger partial charge in [-0.25, -0.2) is 4.99 Å². The highest BCUT2D eigenvalue weighted by molar-refractivity contribution is 8.14. The Bertz CT molecular complexity index is 1030. The average Bonchev–Trinajstić information content (AvgIpc) is 3.26. The van der Waals surface area contributed by atoms with Crippen LogP contribution in [0, 0.1) is 6.92 Å². The number of fused-ring (bicyclic) bond motifs is 1. The van der Waals surface area contributed by atoms with Crippen LogP contribution in [0.5, 0.6) is 11.5 Å². The molecule has 0 bridgehead atoms. The van der Waals surface area contributed by atoms with Crippen molar-refractivity contribution in [2.24, 2.45) is 4.99 Å². The quantitative estimate of drug-likeness (QED) is 0.625. The Morgan fingerprint density at radius 1 is 1.13 bits per heavy atom. The standard InChI is InChI=1S/C21H17F3N2O3S/c1-13-2-5-15(6-3-13)26-19(27)16(25-20(26)30-9-8-21(22,23)24)10-14-4-7-17-18(11-14)29-12-28-17/h2-7,10-11H,8-9,12H2,1H3/b16-10-. The minimum absolute atomic E-state index is 0.133. The number of thioether (sulfide) groups is 1. The lowest BCUT2D eigenvalue weighted by atomic mass is 10.1. The summed E-state index contributed by atoms with van der Waals surface area (Å²) in [5.74, 6) is 0.554. The molecular formula is C21H17F3N2O3S. The third-order valence-electron chi connectivity index (χ3n) is 4.44. The maximum Gasteiger partial charge on any atom is 0.389 e. The Labute approximate surface area is 175 Å². The van der Waals surface area contributed by atoms with Crippen LogP contribution < -0.4 is 14.4 Å². The molecule has 0 aromatic heterocycles. The Kier molecular flexibility index (Phi) is 5.46. The zero-order chi connectivity index (χ0) is 21.3. The monoisotopic (exact) mass is 434 g/mol. The number of alkyl halides is 3. The van der Waals surface area contributed by atoms with Gasteiger partial charge in [0.2, 0.25) is 6.79 Å². The number of benzene rings is 2. The predicted octanol–water partition coefficient (Wildman–Crippen LogP) is 5.15. The minimum Gasteiger partial charge on any atom is -0.454 e. The zero-order valence-electron chi connectivity index (χ0n) is 15.9. The number of halogens is 3. The fourth-order valence-electron chi connectivity index (χ4n) is 2.93. The topological polar surface area (TPSA) is 51.1 Å². The summed E-state index contributed by atoms with van der Waals surface area (Å²) in [6.07, 6.45) is -3.65. The number of hydrogen-bond acceptors (Lipinski definition) is 5. The highest BCUT2D eigenvalue weighted by Crippen LogP contribution is 2.35. The van der Waals surface area contributed by atoms with Crippen LogP contribution in [0.2, 0.25) is 0 Å². The first-order chi connectivity index (χ1) is 14.3. The van der Waals surface area contributed by atoms with Crippen LogP contribution >= 0.6 is 11.8 Å². The molecule has 2 aliphatic heterocycles. The van der Waals surface area contributed by atoms with E-state index in [9.17, 15) is 18.0 Å². The summed E-state index contributed by atoms with van der Waals surface area (Å²) in [5.41, 5.74) is 2.38. The second-order valence-electron chi connectivity index (χ2n) is 6.73. The van der Waals surface area contributed by atoms with Gasteiger partial charge in [0, 0.05) is 5.75 Å². The van der Waals surface area contributed by atoms with E-state index in [0.717, 1.165) is 17.3 Å². The van der Waals surface area contributed by atoms with Crippen molar-refractivity contribution in [2.75, 3.05) is 17.4 Å². The molecule has 0 aliphatic carbocycles. The van der Waals surface area contributed by atoms with Gasteiger partial charge in [-0.2, -0.15) is 13.2 Å². The molecule has 5 nitrogen and oxygen atoms in total. The van der Waals surface area contributed by atoms with Gasteiger partial charge in [-0.05, 0) is 42.8 Å². The summed E-state index contributed by atoms with van der Waals surface area (Å²) in [5, 5.41) is 0.222. The maximum absolute atomic E-state index is 13.1. The molecule has 2 aromatic carbocycles. The minimum atomic E-state index is -4.27. The number of aliphatic imine (C=N–C) groups is 1. The van der Waals surface area contributed by atoms with Gasteiger partial charge in [-0.1, -0.05) is 35.5 Å². The van der Waals surface area contributed by atoms with Gasteiger partial charge in [0.05, 0.1) is 12.1 Å². The molecule has 4 rings (SSSR count). The lowest BCUT2D eigenvalue weighted by Crippen LogP contribution is -2.30. The van der Waals surface area contributed by atoms with Crippen molar-refractivity contribution in [3.8, 4) is 11.5 Å². The molecule has 0 fully saturated rings. The van der Waals surface area contributed by atoms with E-state index in [0.29, 0.717) is 22.7 Å². The van der Waals surface area contributed by atoms with Crippen molar-refractivity contribution in [3.63, 3.8) is 0 Å². The van der Waals surface area contributed by atoms with Gasteiger partial charge >= 0.3 is 6.18 Å². The molecule has 0 atom stereocenters. The third-order valence-corrected chi connectivity index (χ3v) is 5.38. The number of amides is 1. The van der Waals surface area contributed by atoms with E-state index < -0.39 is 18.5 Å². The van der Waals surface area contributed by atoms with E-state index in [1.807, 2.05) is 19.1 Å². The molecule has 0 spiro atoms. The molecular weight excluding hydrogens is 417 g/mol. The first-order valence-corrected chi connectivity index (χ1v) is 10.1. The molecule has 0 unspecified atom stereocenters. The van der Waals surface area contributed by atoms with E-state index in [4.69, 9.17) is 9.47 Å². The highest BCUT2D eigenvalue weighted by Gasteiger charge is 2.33. The summed E-state index contributed by atoms with van der Waals surface area (Å²) < 4.78 is 48.4. The molecule has 0 saturated heterocycles. The lowest BCUT2D eigenvalue weighted by molar-refractivity contribution is -0.129. The van der Waals surface area contributed by atoms with Gasteiger partial charge in [0.25, 0.3) is 5.91 Å². The first kappa shape index (κ1) is 20.3. The molecule has 0 N–H and O–H groups in total. The molecule has 2 aliphatic rings. The SMILES string of the molecule is Cc1ccc(N2C(=O)/C(=C/c3ccc4c(c3)OCO4)N=C2SCCC(F)(F)F)cc1. The molecule has 0 radical (unpaired) electrons. The predicted molar refractivity (Wildman–Crippen MR) is 110 cm³/mol. The molecule has 9 heteroatoms. The number of aryl methyl sites for hydroxylation is 1. The molecule has 0 saturated carbocycles. The van der Waals surface area contributed by atoms with E-state index in [-0.39, 0.29) is 23.4 Å². The summed E-state index contributed by atoms with van der Waals surface area (Å²) in [6.45, 7) is 2.04. The third kappa shape index (κ3) is 4.46. The van der Waals surface area contributed by atoms with Gasteiger partial charge in [-0.15, -0.1) is 0 Å². The number of hydrogen-bond donors (Lipinski definition) is 0. The second kappa shape index (κ2) is 8.06. The van der Waals surface area contributed by atoms with Crippen molar-refractivity contribution in [3.05, 3.63) is 59.3 Å². The molecule has 1 amide bonds. The van der Waals surface area contributed by atoms with Crippen molar-refractivity contribution in [2.45, 2.75) is 19.5 Å². The van der Waals surface area contributed by atoms with Crippen molar-refractivity contribution >= 4 is 34.6 Å². The van der Waals surface area contributed by atoms with Crippen LogP contribution in [0.25, 0.3) is 6.08 Å². The molecule has 2 heterocycles. The van der Waals surface area contributed by atoms with E-state index in [2.05, 4.69) is 4.99 Å². The number of rotatable bonds is 4. The highest BCUT2D eigenvalue weighted by atomic mass is 32.2. The first-order valence-electron chi connectivity index (χ1n) is 9.11. The number of carbonyl (C=O) groups excluding carboxylic acids is 1. The number of nitrogens with zero attached hydrogens (tertiary/aromatic N) is 2. The van der Waals surface area contributed by atoms with E-state index >= 15 is 0 Å². The van der Waals surface area contributed by atoms with Gasteiger partial charge in [-0.3, -0.25) is 9.69 Å². The van der Waals surface area contributed by atoms with Crippen molar-refractivity contribution in [1.29, 1.82) is 0 Å². The van der Waals surface area contributed by atoms with Gasteiger partial charge in [0.1, 0.15) is 5.70 Å². The fraction of sp³-hybridized carbons (Fsp3) is 0.238. The summed E-state index contributed by atoms with van der Waals surface area (Å²) in [6, 6.07) is 12.4. The number of amidine groups is 1. The van der Waals surface area contributed by atoms with Gasteiger partial charge in [0.15, 0.2) is 16.7 Å². The van der Waals surface area contributed by atoms with E-state index in [1.165, 1.54) is 4.90 Å². The molecule has 30 heavy (non-hydrogen) atoms. The number of anilines is 1. The van der Waals surface area contributed by atoms with Crippen molar-refractivity contribution < 1.29 is 27.4 Å². The number of carbonyl (C=O) groups is 1. The fourth-order valence-corrected chi connectivity index (χ4v) is 3.93. The molecule has 2 aromatic rings. The smallest absolute Gasteiger partial charge is 0.389 e. The second-order valence-corrected chi connectivity index (χ2v) is 7.79. The Morgan fingerprint density at radius 2 is 1.87 bits per heavy atom. The molecule has 156 valence electrons. The lowest BCUT2D eigenvalue weighted by Gasteiger charge is -2.18. The Morgan fingerprint density at radius 3 is 2.60 bits per heavy atom. The van der Waals surface area contributed by atoms with Crippen LogP contribution in [0.15, 0.2) is 53.2 Å². The van der Waals surface area contributed by atoms with Crippen LogP contribution in [0.1, 0.15) is 17.5 Å². The van der Waals surface area contributed by atoms with Crippen LogP contribution in [-0.4, -0.2) is 29.8 Å². The normalized spacial score (nSPS) is 17.1.